The van der Waals surface area contributed by atoms with Crippen molar-refractivity contribution in [3.8, 4) is 0 Å². The lowest BCUT2D eigenvalue weighted by molar-refractivity contribution is -0.133. The molecule has 7 nitrogen and oxygen atoms in total. The van der Waals surface area contributed by atoms with E-state index in [4.69, 9.17) is 4.98 Å². The number of rotatable bonds is 4. The predicted octanol–water partition coefficient (Wildman–Crippen LogP) is 2.76. The molecule has 2 aromatic rings. The number of fused-ring (bicyclic) bond motifs is 1. The number of aromatic nitrogens is 2. The predicted molar refractivity (Wildman–Crippen MR) is 123 cm³/mol. The Hall–Kier alpha value is -2.67. The molecule has 1 saturated heterocycles. The van der Waals surface area contributed by atoms with Crippen molar-refractivity contribution in [1.29, 1.82) is 0 Å². The number of hydrogen-bond donors (Lipinski definition) is 1. The molecule has 31 heavy (non-hydrogen) atoms. The van der Waals surface area contributed by atoms with Crippen LogP contribution in [-0.4, -0.2) is 69.9 Å². The molecule has 0 atom stereocenters. The molecule has 4 rings (SSSR count). The zero-order chi connectivity index (χ0) is 22.3. The van der Waals surface area contributed by atoms with Crippen LogP contribution in [0.2, 0.25) is 0 Å². The fourth-order valence-corrected chi connectivity index (χ4v) is 4.48. The average molecular weight is 424 g/mol. The van der Waals surface area contributed by atoms with Crippen LogP contribution in [0.15, 0.2) is 24.4 Å². The molecule has 2 aliphatic heterocycles. The van der Waals surface area contributed by atoms with Crippen LogP contribution in [0.3, 0.4) is 0 Å². The summed E-state index contributed by atoms with van der Waals surface area (Å²) in [6, 6.07) is 3.84. The molecule has 2 aromatic heterocycles. The Labute approximate surface area is 184 Å². The molecule has 166 valence electrons. The third kappa shape index (κ3) is 3.99. The van der Waals surface area contributed by atoms with Gasteiger partial charge in [0.1, 0.15) is 16.9 Å². The highest BCUT2D eigenvalue weighted by Gasteiger charge is 2.41. The van der Waals surface area contributed by atoms with Crippen LogP contribution in [-0.2, 0) is 11.3 Å². The van der Waals surface area contributed by atoms with Crippen molar-refractivity contribution in [2.75, 3.05) is 33.2 Å². The van der Waals surface area contributed by atoms with Crippen LogP contribution in [0.5, 0.6) is 0 Å². The number of nitrogens with one attached hydrogen (secondary N) is 1. The molecular formula is C24H33N5O2. The van der Waals surface area contributed by atoms with E-state index >= 15 is 0 Å². The van der Waals surface area contributed by atoms with Gasteiger partial charge in [-0.3, -0.25) is 9.59 Å². The third-order valence-corrected chi connectivity index (χ3v) is 6.36. The van der Waals surface area contributed by atoms with Crippen molar-refractivity contribution >= 4 is 28.4 Å². The summed E-state index contributed by atoms with van der Waals surface area (Å²) in [5, 5.41) is 3.93. The van der Waals surface area contributed by atoms with Crippen LogP contribution in [0.1, 0.15) is 50.2 Å². The largest absolute Gasteiger partial charge is 0.352 e. The maximum Gasteiger partial charge on any atom is 0.273 e. The highest BCUT2D eigenvalue weighted by Crippen LogP contribution is 2.31. The fourth-order valence-electron chi connectivity index (χ4n) is 4.48. The number of piperazine rings is 1. The first-order chi connectivity index (χ1) is 14.7. The smallest absolute Gasteiger partial charge is 0.273 e. The van der Waals surface area contributed by atoms with Crippen molar-refractivity contribution < 1.29 is 9.59 Å². The molecule has 0 aliphatic carbocycles. The molecule has 0 aromatic carbocycles. The number of carbonyl (C=O) groups is 2. The van der Waals surface area contributed by atoms with E-state index in [9.17, 15) is 9.59 Å². The standard InChI is InChI=1S/C24H33N5O2/c1-16(2)14-28-15-19(17-8-11-27(5)12-9-17)18-6-7-20(26-21(18)28)22(30)29-13-10-25-23(31)24(29,3)4/h6-8,15-16H,9-14H2,1-5H3,(H,25,31). The van der Waals surface area contributed by atoms with Crippen LogP contribution < -0.4 is 5.32 Å². The summed E-state index contributed by atoms with van der Waals surface area (Å²) in [4.78, 5) is 34.4. The van der Waals surface area contributed by atoms with Crippen LogP contribution >= 0.6 is 0 Å². The van der Waals surface area contributed by atoms with E-state index < -0.39 is 5.54 Å². The SMILES string of the molecule is CC(C)Cn1cc(C2=CCN(C)CC2)c2ccc(C(=O)N3CCNC(=O)C3(C)C)nc21. The van der Waals surface area contributed by atoms with Crippen LogP contribution in [0.4, 0.5) is 0 Å². The summed E-state index contributed by atoms with van der Waals surface area (Å²) in [5.74, 6) is 0.132. The Kier molecular flexibility index (Phi) is 5.64. The lowest BCUT2D eigenvalue weighted by atomic mass is 9.98. The summed E-state index contributed by atoms with van der Waals surface area (Å²) in [7, 11) is 2.14. The van der Waals surface area contributed by atoms with Crippen molar-refractivity contribution in [3.63, 3.8) is 0 Å². The summed E-state index contributed by atoms with van der Waals surface area (Å²) in [6.07, 6.45) is 5.50. The summed E-state index contributed by atoms with van der Waals surface area (Å²) >= 11 is 0. The molecule has 1 N–H and O–H groups in total. The molecule has 0 radical (unpaired) electrons. The van der Waals surface area contributed by atoms with E-state index in [1.54, 1.807) is 18.7 Å². The van der Waals surface area contributed by atoms with Gasteiger partial charge < -0.3 is 19.7 Å². The first kappa shape index (κ1) is 21.6. The normalized spacial score (nSPS) is 19.6. The Morgan fingerprint density at radius 3 is 2.71 bits per heavy atom. The number of hydrogen-bond acceptors (Lipinski definition) is 4. The second-order valence-electron chi connectivity index (χ2n) is 9.67. The van der Waals surface area contributed by atoms with Gasteiger partial charge in [0.25, 0.3) is 5.91 Å². The van der Waals surface area contributed by atoms with Crippen molar-refractivity contribution in [2.45, 2.75) is 46.2 Å². The van der Waals surface area contributed by atoms with E-state index in [2.05, 4.69) is 48.0 Å². The highest BCUT2D eigenvalue weighted by molar-refractivity contribution is 6.00. The van der Waals surface area contributed by atoms with Gasteiger partial charge in [-0.2, -0.15) is 0 Å². The molecule has 2 amide bonds. The number of nitrogens with zero attached hydrogens (tertiary/aromatic N) is 4. The summed E-state index contributed by atoms with van der Waals surface area (Å²) in [5.41, 5.74) is 2.90. The van der Waals surface area contributed by atoms with Gasteiger partial charge >= 0.3 is 0 Å². The number of likely N-dealkylation sites (N-methyl/N-ethyl adjacent to an activating group) is 1. The van der Waals surface area contributed by atoms with E-state index in [0.29, 0.717) is 24.7 Å². The van der Waals surface area contributed by atoms with Gasteiger partial charge in [-0.1, -0.05) is 19.9 Å². The van der Waals surface area contributed by atoms with Gasteiger partial charge in [0.2, 0.25) is 5.91 Å². The Morgan fingerprint density at radius 1 is 1.26 bits per heavy atom. The van der Waals surface area contributed by atoms with Gasteiger partial charge in [0, 0.05) is 49.9 Å². The van der Waals surface area contributed by atoms with E-state index in [0.717, 1.165) is 37.1 Å². The lowest BCUT2D eigenvalue weighted by Crippen LogP contribution is -2.63. The van der Waals surface area contributed by atoms with Gasteiger partial charge in [0.15, 0.2) is 0 Å². The average Bonchev–Trinajstić information content (AvgIpc) is 3.07. The van der Waals surface area contributed by atoms with Gasteiger partial charge in [0.05, 0.1) is 0 Å². The van der Waals surface area contributed by atoms with E-state index in [-0.39, 0.29) is 11.8 Å². The van der Waals surface area contributed by atoms with Gasteiger partial charge in [-0.15, -0.1) is 0 Å². The third-order valence-electron chi connectivity index (χ3n) is 6.36. The second kappa shape index (κ2) is 8.11. The first-order valence-corrected chi connectivity index (χ1v) is 11.2. The quantitative estimate of drug-likeness (QED) is 0.821. The minimum atomic E-state index is -0.893. The Bertz CT molecular complexity index is 1050. The molecule has 0 saturated carbocycles. The van der Waals surface area contributed by atoms with Crippen molar-refractivity contribution in [2.24, 2.45) is 5.92 Å². The molecule has 0 bridgehead atoms. The molecule has 4 heterocycles. The molecule has 0 unspecified atom stereocenters. The van der Waals surface area contributed by atoms with Crippen LogP contribution in [0, 0.1) is 5.92 Å². The van der Waals surface area contributed by atoms with E-state index in [1.807, 2.05) is 12.1 Å². The molecule has 1 fully saturated rings. The second-order valence-corrected chi connectivity index (χ2v) is 9.67. The number of pyridine rings is 1. The highest BCUT2D eigenvalue weighted by atomic mass is 16.2. The zero-order valence-corrected chi connectivity index (χ0v) is 19.2. The number of amides is 2. The maximum absolute atomic E-state index is 13.3. The fraction of sp³-hybridized carbons (Fsp3) is 0.542. The van der Waals surface area contributed by atoms with Crippen molar-refractivity contribution in [3.05, 3.63) is 35.7 Å². The minimum absolute atomic E-state index is 0.132. The zero-order valence-electron chi connectivity index (χ0n) is 19.2. The number of carbonyl (C=O) groups excluding carboxylic acids is 2. The maximum atomic E-state index is 13.3. The lowest BCUT2D eigenvalue weighted by Gasteiger charge is -2.40. The Morgan fingerprint density at radius 2 is 2.03 bits per heavy atom. The minimum Gasteiger partial charge on any atom is -0.352 e. The van der Waals surface area contributed by atoms with E-state index in [1.165, 1.54) is 11.1 Å². The molecule has 7 heteroatoms. The van der Waals surface area contributed by atoms with Gasteiger partial charge in [-0.25, -0.2) is 4.98 Å². The Balaban J connectivity index is 1.76. The first-order valence-electron chi connectivity index (χ1n) is 11.2. The summed E-state index contributed by atoms with van der Waals surface area (Å²) < 4.78 is 2.18. The topological polar surface area (TPSA) is 70.5 Å². The molecule has 0 spiro atoms. The van der Waals surface area contributed by atoms with Crippen molar-refractivity contribution in [1.82, 2.24) is 24.7 Å². The van der Waals surface area contributed by atoms with Gasteiger partial charge in [-0.05, 0) is 50.9 Å². The molecule has 2 aliphatic rings. The molecular weight excluding hydrogens is 390 g/mol. The summed E-state index contributed by atoms with van der Waals surface area (Å²) in [6.45, 7) is 11.7. The monoisotopic (exact) mass is 423 g/mol. The van der Waals surface area contributed by atoms with Crippen LogP contribution in [0.25, 0.3) is 16.6 Å².